The number of benzene rings is 2. The third-order valence-electron chi connectivity index (χ3n) is 4.28. The number of nitriles is 1. The van der Waals surface area contributed by atoms with Crippen LogP contribution in [-0.4, -0.2) is 18.0 Å². The largest absolute Gasteiger partial charge is 0.573 e. The molecule has 0 radical (unpaired) electrons. The van der Waals surface area contributed by atoms with E-state index in [1.807, 2.05) is 44.2 Å². The zero-order valence-corrected chi connectivity index (χ0v) is 21.0. The van der Waals surface area contributed by atoms with Crippen molar-refractivity contribution in [3.05, 3.63) is 95.4 Å². The normalized spacial score (nSPS) is 11.9. The van der Waals surface area contributed by atoms with E-state index in [0.29, 0.717) is 11.3 Å². The first kappa shape index (κ1) is 29.6. The number of rotatable bonds is 9. The van der Waals surface area contributed by atoms with Crippen molar-refractivity contribution in [2.24, 2.45) is 0 Å². The monoisotopic (exact) mass is 502 g/mol. The average molecular weight is 503 g/mol. The standard InChI is InChI=1S/C25H23F3N2O2S.C2H6/c1-4-23(32-25(26,27)28)22(20-8-6-7-19(14-20)16-29)13-17(3)30-24(31)15-18-9-11-21(12-10-18)33-5-2;1-2/h4,6-14H,1,5,15H2,2-3H3,(H,30,31);1-2H3/b17-13+,23-22-;. The van der Waals surface area contributed by atoms with Gasteiger partial charge in [0.2, 0.25) is 5.91 Å². The second-order valence-corrected chi connectivity index (χ2v) is 8.19. The Balaban J connectivity index is 0.00000298. The maximum atomic E-state index is 12.9. The van der Waals surface area contributed by atoms with Gasteiger partial charge in [-0.05, 0) is 60.2 Å². The molecule has 0 heterocycles. The summed E-state index contributed by atoms with van der Waals surface area (Å²) in [6, 6.07) is 15.6. The molecule has 1 N–H and O–H groups in total. The van der Waals surface area contributed by atoms with E-state index in [2.05, 4.69) is 23.6 Å². The van der Waals surface area contributed by atoms with Crippen molar-refractivity contribution in [3.63, 3.8) is 0 Å². The maximum Gasteiger partial charge on any atom is 0.573 e. The Morgan fingerprint density at radius 2 is 1.86 bits per heavy atom. The van der Waals surface area contributed by atoms with Crippen LogP contribution in [0.3, 0.4) is 0 Å². The summed E-state index contributed by atoms with van der Waals surface area (Å²) in [4.78, 5) is 13.6. The van der Waals surface area contributed by atoms with E-state index in [1.165, 1.54) is 18.2 Å². The van der Waals surface area contributed by atoms with E-state index in [4.69, 9.17) is 5.26 Å². The minimum Gasteiger partial charge on any atom is -0.405 e. The molecule has 8 heteroatoms. The number of thioether (sulfide) groups is 1. The molecule has 0 atom stereocenters. The SMILES string of the molecule is C=C/C(OC(F)(F)F)=C(\C=C(/C)NC(=O)Cc1ccc(SCC)cc1)c1cccc(C#N)c1.CC. The number of halogens is 3. The Morgan fingerprint density at radius 3 is 2.40 bits per heavy atom. The first-order valence-corrected chi connectivity index (χ1v) is 12.0. The smallest absolute Gasteiger partial charge is 0.405 e. The van der Waals surface area contributed by atoms with E-state index in [1.54, 1.807) is 30.8 Å². The van der Waals surface area contributed by atoms with Crippen molar-refractivity contribution in [1.29, 1.82) is 5.26 Å². The first-order valence-electron chi connectivity index (χ1n) is 11.0. The van der Waals surface area contributed by atoms with E-state index >= 15 is 0 Å². The molecule has 0 aliphatic rings. The molecule has 0 aliphatic heterocycles. The van der Waals surface area contributed by atoms with Gasteiger partial charge in [0.05, 0.1) is 18.1 Å². The molecule has 0 saturated heterocycles. The molecule has 4 nitrogen and oxygen atoms in total. The van der Waals surface area contributed by atoms with Gasteiger partial charge >= 0.3 is 6.36 Å². The number of carbonyl (C=O) groups excluding carboxylic acids is 1. The summed E-state index contributed by atoms with van der Waals surface area (Å²) in [5.41, 5.74) is 1.72. The van der Waals surface area contributed by atoms with Gasteiger partial charge in [0.1, 0.15) is 5.76 Å². The highest BCUT2D eigenvalue weighted by Crippen LogP contribution is 2.29. The minimum atomic E-state index is -4.94. The van der Waals surface area contributed by atoms with Crippen LogP contribution in [0.5, 0.6) is 0 Å². The van der Waals surface area contributed by atoms with E-state index in [0.717, 1.165) is 22.3 Å². The number of alkyl halides is 3. The molecule has 0 spiro atoms. The molecule has 0 unspecified atom stereocenters. The highest BCUT2D eigenvalue weighted by molar-refractivity contribution is 7.99. The molecule has 2 aromatic carbocycles. The molecular weight excluding hydrogens is 473 g/mol. The van der Waals surface area contributed by atoms with Crippen molar-refractivity contribution in [1.82, 2.24) is 5.32 Å². The van der Waals surface area contributed by atoms with Crippen molar-refractivity contribution in [2.45, 2.75) is 45.4 Å². The lowest BCUT2D eigenvalue weighted by Gasteiger charge is -2.15. The van der Waals surface area contributed by atoms with Crippen LogP contribution in [0, 0.1) is 11.3 Å². The quantitative estimate of drug-likeness (QED) is 0.221. The average Bonchev–Trinajstić information content (AvgIpc) is 2.83. The van der Waals surface area contributed by atoms with Gasteiger partial charge in [-0.3, -0.25) is 4.79 Å². The Morgan fingerprint density at radius 1 is 1.20 bits per heavy atom. The topological polar surface area (TPSA) is 62.1 Å². The third-order valence-corrected chi connectivity index (χ3v) is 5.17. The molecule has 0 aromatic heterocycles. The van der Waals surface area contributed by atoms with Crippen LogP contribution >= 0.6 is 11.8 Å². The number of nitrogens with zero attached hydrogens (tertiary/aromatic N) is 1. The second kappa shape index (κ2) is 14.7. The molecule has 2 aromatic rings. The van der Waals surface area contributed by atoms with Gasteiger partial charge in [-0.25, -0.2) is 0 Å². The Hall–Kier alpha value is -3.44. The number of nitrogens with one attached hydrogen (secondary N) is 1. The van der Waals surface area contributed by atoms with Crippen molar-refractivity contribution in [3.8, 4) is 6.07 Å². The molecule has 0 aliphatic carbocycles. The summed E-state index contributed by atoms with van der Waals surface area (Å²) in [5, 5.41) is 11.8. The summed E-state index contributed by atoms with van der Waals surface area (Å²) in [7, 11) is 0. The Kier molecular flexibility index (Phi) is 12.5. The van der Waals surface area contributed by atoms with Crippen molar-refractivity contribution < 1.29 is 22.7 Å². The van der Waals surface area contributed by atoms with Crippen LogP contribution in [0.1, 0.15) is 44.4 Å². The van der Waals surface area contributed by atoms with Crippen LogP contribution < -0.4 is 5.32 Å². The van der Waals surface area contributed by atoms with Crippen LogP contribution in [0.25, 0.3) is 5.57 Å². The fourth-order valence-electron chi connectivity index (χ4n) is 2.96. The van der Waals surface area contributed by atoms with Crippen LogP contribution in [0.15, 0.2) is 83.6 Å². The second-order valence-electron chi connectivity index (χ2n) is 6.85. The number of hydrogen-bond acceptors (Lipinski definition) is 4. The van der Waals surface area contributed by atoms with Crippen molar-refractivity contribution >= 4 is 23.2 Å². The van der Waals surface area contributed by atoms with Gasteiger partial charge in [-0.2, -0.15) is 5.26 Å². The number of amides is 1. The lowest BCUT2D eigenvalue weighted by molar-refractivity contribution is -0.302. The number of carbonyl (C=O) groups is 1. The molecular formula is C27H29F3N2O2S. The predicted octanol–water partition coefficient (Wildman–Crippen LogP) is 7.39. The van der Waals surface area contributed by atoms with E-state index in [9.17, 15) is 18.0 Å². The fraction of sp³-hybridized carbons (Fsp3) is 0.259. The third kappa shape index (κ3) is 10.6. The molecule has 2 rings (SSSR count). The summed E-state index contributed by atoms with van der Waals surface area (Å²) in [5.74, 6) is 0.0821. The predicted molar refractivity (Wildman–Crippen MR) is 135 cm³/mol. The van der Waals surface area contributed by atoms with Gasteiger partial charge in [0.15, 0.2) is 0 Å². The molecule has 0 saturated carbocycles. The molecule has 0 bridgehead atoms. The Labute approximate surface area is 209 Å². The van der Waals surface area contributed by atoms with Crippen LogP contribution in [-0.2, 0) is 16.0 Å². The molecule has 1 amide bonds. The van der Waals surface area contributed by atoms with Crippen molar-refractivity contribution in [2.75, 3.05) is 5.75 Å². The number of allylic oxidation sites excluding steroid dienone is 4. The zero-order chi connectivity index (χ0) is 26.4. The summed E-state index contributed by atoms with van der Waals surface area (Å²) in [6.07, 6.45) is -2.53. The van der Waals surface area contributed by atoms with Gasteiger partial charge in [0.25, 0.3) is 0 Å². The maximum absolute atomic E-state index is 12.9. The fourth-order valence-corrected chi connectivity index (χ4v) is 3.62. The Bertz CT molecular complexity index is 1100. The zero-order valence-electron chi connectivity index (χ0n) is 20.2. The number of ether oxygens (including phenoxy) is 1. The van der Waals surface area contributed by atoms with Gasteiger partial charge < -0.3 is 10.1 Å². The van der Waals surface area contributed by atoms with E-state index in [-0.39, 0.29) is 23.5 Å². The van der Waals surface area contributed by atoms with Gasteiger partial charge in [-0.15, -0.1) is 24.9 Å². The first-order chi connectivity index (χ1) is 16.6. The van der Waals surface area contributed by atoms with Crippen LogP contribution in [0.4, 0.5) is 13.2 Å². The lowest BCUT2D eigenvalue weighted by atomic mass is 10.0. The minimum absolute atomic E-state index is 0.0261. The highest BCUT2D eigenvalue weighted by Gasteiger charge is 2.32. The van der Waals surface area contributed by atoms with Crippen LogP contribution in [0.2, 0.25) is 0 Å². The van der Waals surface area contributed by atoms with Gasteiger partial charge in [-0.1, -0.05) is 51.6 Å². The number of hydrogen-bond donors (Lipinski definition) is 1. The lowest BCUT2D eigenvalue weighted by Crippen LogP contribution is -2.23. The molecule has 35 heavy (non-hydrogen) atoms. The summed E-state index contributed by atoms with van der Waals surface area (Å²) < 4.78 is 42.9. The van der Waals surface area contributed by atoms with Gasteiger partial charge in [0, 0.05) is 16.2 Å². The molecule has 186 valence electrons. The highest BCUT2D eigenvalue weighted by atomic mass is 32.2. The molecule has 0 fully saturated rings. The summed E-state index contributed by atoms with van der Waals surface area (Å²) >= 11 is 1.69. The summed E-state index contributed by atoms with van der Waals surface area (Å²) in [6.45, 7) is 11.0. The van der Waals surface area contributed by atoms with E-state index < -0.39 is 12.1 Å².